The monoisotopic (exact) mass is 425 g/mol. The van der Waals surface area contributed by atoms with Crippen LogP contribution in [0.25, 0.3) is 16.9 Å². The number of aromatic nitrogens is 2. The highest BCUT2D eigenvalue weighted by atomic mass is 35.5. The maximum atomic E-state index is 6.47. The zero-order valence-electron chi connectivity index (χ0n) is 13.7. The van der Waals surface area contributed by atoms with E-state index in [1.54, 1.807) is 18.2 Å². The summed E-state index contributed by atoms with van der Waals surface area (Å²) in [6, 6.07) is 10.9. The predicted octanol–water partition coefficient (Wildman–Crippen LogP) is 6.90. The number of hydrogen-bond donors (Lipinski definition) is 1. The molecule has 2 heterocycles. The Labute approximate surface area is 171 Å². The molecular weight excluding hydrogens is 412 g/mol. The lowest BCUT2D eigenvalue weighted by Crippen LogP contribution is -2.07. The summed E-state index contributed by atoms with van der Waals surface area (Å²) in [4.78, 5) is 0. The number of halogens is 4. The van der Waals surface area contributed by atoms with E-state index in [-0.39, 0.29) is 0 Å². The molecule has 134 valence electrons. The molecule has 0 saturated heterocycles. The first-order valence-electron chi connectivity index (χ1n) is 8.32. The normalized spacial score (nSPS) is 13.8. The molecule has 0 aliphatic carbocycles. The van der Waals surface area contributed by atoms with Crippen LogP contribution in [0, 0.1) is 0 Å². The topological polar surface area (TPSA) is 29.9 Å². The van der Waals surface area contributed by atoms with Crippen LogP contribution in [-0.2, 0) is 6.42 Å². The molecule has 3 aromatic rings. The molecule has 0 radical (unpaired) electrons. The van der Waals surface area contributed by atoms with Gasteiger partial charge in [0.05, 0.1) is 26.4 Å². The molecular formula is C19H15Cl4N3. The predicted molar refractivity (Wildman–Crippen MR) is 110 cm³/mol. The first kappa shape index (κ1) is 18.0. The van der Waals surface area contributed by atoms with Crippen molar-refractivity contribution >= 4 is 52.2 Å². The summed E-state index contributed by atoms with van der Waals surface area (Å²) >= 11 is 25.3. The van der Waals surface area contributed by atoms with Gasteiger partial charge in [0.1, 0.15) is 5.82 Å². The van der Waals surface area contributed by atoms with E-state index in [1.165, 1.54) is 0 Å². The minimum atomic E-state index is 0.503. The smallest absolute Gasteiger partial charge is 0.133 e. The van der Waals surface area contributed by atoms with Gasteiger partial charge in [0.15, 0.2) is 0 Å². The molecule has 3 nitrogen and oxygen atoms in total. The van der Waals surface area contributed by atoms with Gasteiger partial charge in [-0.2, -0.15) is 5.10 Å². The molecule has 2 aromatic carbocycles. The molecule has 1 aromatic heterocycles. The van der Waals surface area contributed by atoms with Crippen molar-refractivity contribution in [3.8, 4) is 16.9 Å². The summed E-state index contributed by atoms with van der Waals surface area (Å²) in [5.74, 6) is 0.928. The van der Waals surface area contributed by atoms with Crippen LogP contribution >= 0.6 is 46.4 Å². The van der Waals surface area contributed by atoms with Crippen molar-refractivity contribution in [2.24, 2.45) is 0 Å². The lowest BCUT2D eigenvalue weighted by Gasteiger charge is -2.11. The van der Waals surface area contributed by atoms with Gasteiger partial charge in [0.25, 0.3) is 0 Å². The van der Waals surface area contributed by atoms with Gasteiger partial charge in [-0.1, -0.05) is 58.5 Å². The number of nitrogens with one attached hydrogen (secondary N) is 1. The van der Waals surface area contributed by atoms with Gasteiger partial charge >= 0.3 is 0 Å². The Morgan fingerprint density at radius 1 is 0.962 bits per heavy atom. The van der Waals surface area contributed by atoms with E-state index in [0.29, 0.717) is 20.1 Å². The average molecular weight is 427 g/mol. The minimum absolute atomic E-state index is 0.503. The second kappa shape index (κ2) is 7.32. The number of hydrogen-bond acceptors (Lipinski definition) is 2. The van der Waals surface area contributed by atoms with E-state index in [0.717, 1.165) is 54.1 Å². The number of rotatable bonds is 2. The molecule has 4 rings (SSSR count). The molecule has 0 amide bonds. The number of fused-ring (bicyclic) bond motifs is 1. The second-order valence-corrected chi connectivity index (χ2v) is 7.80. The summed E-state index contributed by atoms with van der Waals surface area (Å²) in [6.07, 6.45) is 3.06. The van der Waals surface area contributed by atoms with Gasteiger partial charge in [-0.05, 0) is 43.5 Å². The van der Waals surface area contributed by atoms with Crippen LogP contribution < -0.4 is 5.32 Å². The van der Waals surface area contributed by atoms with Crippen LogP contribution in [0.15, 0.2) is 36.4 Å². The van der Waals surface area contributed by atoms with Crippen molar-refractivity contribution in [2.45, 2.75) is 19.3 Å². The van der Waals surface area contributed by atoms with Gasteiger partial charge in [-0.15, -0.1) is 0 Å². The van der Waals surface area contributed by atoms with E-state index in [1.807, 2.05) is 22.9 Å². The van der Waals surface area contributed by atoms with Crippen LogP contribution in [0.3, 0.4) is 0 Å². The fourth-order valence-electron chi connectivity index (χ4n) is 3.23. The van der Waals surface area contributed by atoms with Crippen LogP contribution in [0.4, 0.5) is 5.82 Å². The van der Waals surface area contributed by atoms with Crippen LogP contribution in [0.1, 0.15) is 18.4 Å². The van der Waals surface area contributed by atoms with E-state index in [4.69, 9.17) is 51.5 Å². The van der Waals surface area contributed by atoms with Gasteiger partial charge in [-0.25, -0.2) is 4.68 Å². The van der Waals surface area contributed by atoms with E-state index in [2.05, 4.69) is 5.32 Å². The molecule has 7 heteroatoms. The maximum Gasteiger partial charge on any atom is 0.133 e. The first-order valence-corrected chi connectivity index (χ1v) is 9.83. The van der Waals surface area contributed by atoms with Crippen molar-refractivity contribution < 1.29 is 0 Å². The van der Waals surface area contributed by atoms with E-state index >= 15 is 0 Å². The number of nitrogens with zero attached hydrogens (tertiary/aromatic N) is 2. The van der Waals surface area contributed by atoms with Gasteiger partial charge in [0.2, 0.25) is 0 Å². The Kier molecular flexibility index (Phi) is 5.07. The van der Waals surface area contributed by atoms with Gasteiger partial charge in [-0.3, -0.25) is 0 Å². The molecule has 0 spiro atoms. The molecule has 26 heavy (non-hydrogen) atoms. The largest absolute Gasteiger partial charge is 0.370 e. The van der Waals surface area contributed by atoms with Gasteiger partial charge in [0, 0.05) is 22.7 Å². The molecule has 0 unspecified atom stereocenters. The van der Waals surface area contributed by atoms with E-state index in [9.17, 15) is 0 Å². The van der Waals surface area contributed by atoms with Crippen LogP contribution in [0.5, 0.6) is 0 Å². The minimum Gasteiger partial charge on any atom is -0.370 e. The Morgan fingerprint density at radius 3 is 2.65 bits per heavy atom. The highest BCUT2D eigenvalue weighted by Crippen LogP contribution is 2.40. The van der Waals surface area contributed by atoms with Crippen molar-refractivity contribution in [1.29, 1.82) is 0 Å². The van der Waals surface area contributed by atoms with Crippen molar-refractivity contribution in [1.82, 2.24) is 9.78 Å². The number of benzene rings is 2. The second-order valence-electron chi connectivity index (χ2n) is 6.17. The summed E-state index contributed by atoms with van der Waals surface area (Å²) in [5, 5.41) is 10.5. The Balaban J connectivity index is 1.98. The third-order valence-corrected chi connectivity index (χ3v) is 5.85. The zero-order chi connectivity index (χ0) is 18.3. The van der Waals surface area contributed by atoms with Crippen LogP contribution in [-0.4, -0.2) is 16.3 Å². The molecule has 1 aliphatic heterocycles. The average Bonchev–Trinajstić information content (AvgIpc) is 2.81. The van der Waals surface area contributed by atoms with Crippen molar-refractivity contribution in [3.63, 3.8) is 0 Å². The lowest BCUT2D eigenvalue weighted by atomic mass is 10.0. The molecule has 0 atom stereocenters. The lowest BCUT2D eigenvalue weighted by molar-refractivity contribution is 0.780. The summed E-state index contributed by atoms with van der Waals surface area (Å²) in [7, 11) is 0. The summed E-state index contributed by atoms with van der Waals surface area (Å²) in [5.41, 5.74) is 3.48. The summed E-state index contributed by atoms with van der Waals surface area (Å²) in [6.45, 7) is 0.875. The van der Waals surface area contributed by atoms with Crippen LogP contribution in [0.2, 0.25) is 20.1 Å². The third kappa shape index (κ3) is 3.18. The summed E-state index contributed by atoms with van der Waals surface area (Å²) < 4.78 is 1.82. The fourth-order valence-corrected chi connectivity index (χ4v) is 3.98. The highest BCUT2D eigenvalue weighted by molar-refractivity contribution is 6.43. The van der Waals surface area contributed by atoms with Gasteiger partial charge < -0.3 is 5.32 Å². The Morgan fingerprint density at radius 2 is 1.81 bits per heavy atom. The molecule has 0 bridgehead atoms. The zero-order valence-corrected chi connectivity index (χ0v) is 16.7. The number of anilines is 1. The quantitative estimate of drug-likeness (QED) is 0.482. The Bertz CT molecular complexity index is 955. The highest BCUT2D eigenvalue weighted by Gasteiger charge is 2.24. The maximum absolute atomic E-state index is 6.47. The standard InChI is InChI=1S/C19H15Cl4N3/c20-11-7-8-14(21)16(10-11)26-19-13(4-1-2-9-24-19)18(25-26)12-5-3-6-15(22)17(12)23/h3,5-8,10,24H,1-2,4,9H2. The third-order valence-electron chi connectivity index (χ3n) is 4.47. The SMILES string of the molecule is Clc1ccc(Cl)c(-n2nc(-c3cccc(Cl)c3Cl)c3c2NCCCC3)c1. The molecule has 1 N–H and O–H groups in total. The van der Waals surface area contributed by atoms with Crippen molar-refractivity contribution in [3.05, 3.63) is 62.1 Å². The molecule has 1 aliphatic rings. The van der Waals surface area contributed by atoms with E-state index < -0.39 is 0 Å². The molecule has 0 saturated carbocycles. The Hall–Kier alpha value is -1.39. The molecule has 0 fully saturated rings. The van der Waals surface area contributed by atoms with Crippen molar-refractivity contribution in [2.75, 3.05) is 11.9 Å². The fraction of sp³-hybridized carbons (Fsp3) is 0.211. The first-order chi connectivity index (χ1) is 12.6.